The number of halogens is 1. The summed E-state index contributed by atoms with van der Waals surface area (Å²) in [6, 6.07) is 0. The van der Waals surface area contributed by atoms with Gasteiger partial charge in [-0.2, -0.15) is 0 Å². The molecule has 0 spiro atoms. The van der Waals surface area contributed by atoms with E-state index in [9.17, 15) is 9.59 Å². The lowest BCUT2D eigenvalue weighted by Gasteiger charge is -1.94. The van der Waals surface area contributed by atoms with E-state index in [4.69, 9.17) is 30.8 Å². The second kappa shape index (κ2) is 5.19. The summed E-state index contributed by atoms with van der Waals surface area (Å²) >= 11 is 5.30. The highest BCUT2D eigenvalue weighted by Gasteiger charge is 2.08. The molecular weight excluding hydrogens is 234 g/mol. The third-order valence-corrected chi connectivity index (χ3v) is 1.20. The fourth-order valence-electron chi connectivity index (χ4n) is 0.482. The maximum absolute atomic E-state index is 10.5. The van der Waals surface area contributed by atoms with Gasteiger partial charge in [-0.15, -0.1) is 0 Å². The number of carbonyl (C=O) groups excluding carboxylic acids is 2. The molecule has 1 rings (SSSR count). The Hall–Kier alpha value is -0.780. The molecule has 0 aromatic heterocycles. The van der Waals surface area contributed by atoms with Gasteiger partial charge in [0.25, 0.3) is 0 Å². The lowest BCUT2D eigenvalue weighted by Crippen LogP contribution is -2.02. The number of hydrogen-bond acceptors (Lipinski definition) is 3. The molecule has 0 aromatic carbocycles. The van der Waals surface area contributed by atoms with Crippen LogP contribution in [0.1, 0.15) is 0 Å². The quantitative estimate of drug-likeness (QED) is 0.402. The fraction of sp³-hybridized carbons (Fsp3) is 0. The van der Waals surface area contributed by atoms with E-state index >= 15 is 0 Å². The monoisotopic (exact) mass is 240 g/mol. The Bertz CT molecular complexity index is 343. The van der Waals surface area contributed by atoms with E-state index in [1.54, 1.807) is 0 Å². The van der Waals surface area contributed by atoms with Gasteiger partial charge in [0.15, 0.2) is 11.6 Å². The van der Waals surface area contributed by atoms with Gasteiger partial charge in [0.1, 0.15) is 0 Å². The highest BCUT2D eigenvalue weighted by Crippen LogP contribution is 2.25. The summed E-state index contributed by atoms with van der Waals surface area (Å²) in [7, 11) is -4.64. The molecule has 0 radical (unpaired) electrons. The van der Waals surface area contributed by atoms with Crippen molar-refractivity contribution in [1.29, 1.82) is 0 Å². The van der Waals surface area contributed by atoms with Gasteiger partial charge >= 0.3 is 7.82 Å². The molecular formula is C6H6ClO6P. The fourth-order valence-corrected chi connectivity index (χ4v) is 0.652. The summed E-state index contributed by atoms with van der Waals surface area (Å²) in [5.74, 6) is -0.545. The number of hydrogen-bond donors (Lipinski definition) is 3. The van der Waals surface area contributed by atoms with Gasteiger partial charge in [-0.25, -0.2) is 4.57 Å². The van der Waals surface area contributed by atoms with Crippen molar-refractivity contribution >= 4 is 31.0 Å². The molecule has 1 aliphatic carbocycles. The molecule has 0 fully saturated rings. The van der Waals surface area contributed by atoms with Crippen LogP contribution in [0, 0.1) is 0 Å². The first kappa shape index (κ1) is 13.2. The van der Waals surface area contributed by atoms with Gasteiger partial charge in [-0.05, 0) is 12.2 Å². The molecule has 3 N–H and O–H groups in total. The second-order valence-electron chi connectivity index (χ2n) is 2.11. The number of allylic oxidation sites excluding steroid dienone is 4. The van der Waals surface area contributed by atoms with Crippen molar-refractivity contribution in [1.82, 2.24) is 0 Å². The van der Waals surface area contributed by atoms with Crippen molar-refractivity contribution in [3.05, 3.63) is 23.3 Å². The summed E-state index contributed by atoms with van der Waals surface area (Å²) in [5, 5.41) is -0.0116. The number of rotatable bonds is 0. The minimum atomic E-state index is -4.64. The van der Waals surface area contributed by atoms with Gasteiger partial charge in [0, 0.05) is 6.08 Å². The molecule has 0 aromatic rings. The van der Waals surface area contributed by atoms with Crippen molar-refractivity contribution in [2.24, 2.45) is 0 Å². The van der Waals surface area contributed by atoms with Crippen LogP contribution in [0.2, 0.25) is 0 Å². The van der Waals surface area contributed by atoms with Gasteiger partial charge in [0.05, 0.1) is 5.03 Å². The molecule has 0 amide bonds. The van der Waals surface area contributed by atoms with Crippen molar-refractivity contribution < 1.29 is 28.8 Å². The molecule has 0 atom stereocenters. The highest BCUT2D eigenvalue weighted by molar-refractivity contribution is 7.45. The molecule has 1 aliphatic rings. The Balaban J connectivity index is 0.000000292. The molecule has 0 saturated carbocycles. The Labute approximate surface area is 83.7 Å². The number of carbonyl (C=O) groups is 2. The minimum Gasteiger partial charge on any atom is -0.303 e. The van der Waals surface area contributed by atoms with Crippen molar-refractivity contribution in [2.75, 3.05) is 0 Å². The zero-order chi connectivity index (χ0) is 11.4. The molecule has 0 aliphatic heterocycles. The SMILES string of the molecule is O=C1C=CC(=O)C(Cl)=C1.O=P(O)(O)O. The van der Waals surface area contributed by atoms with Crippen LogP contribution in [-0.2, 0) is 14.2 Å². The molecule has 6 nitrogen and oxygen atoms in total. The molecule has 0 heterocycles. The maximum Gasteiger partial charge on any atom is 0.466 e. The summed E-state index contributed by atoms with van der Waals surface area (Å²) in [4.78, 5) is 42.5. The number of ketones is 2. The first-order chi connectivity index (χ1) is 6.20. The molecule has 78 valence electrons. The third-order valence-electron chi connectivity index (χ3n) is 0.903. The van der Waals surface area contributed by atoms with Crippen LogP contribution in [0.5, 0.6) is 0 Å². The van der Waals surface area contributed by atoms with E-state index in [2.05, 4.69) is 0 Å². The molecule has 0 bridgehead atoms. The smallest absolute Gasteiger partial charge is 0.303 e. The summed E-state index contributed by atoms with van der Waals surface area (Å²) in [6.45, 7) is 0. The number of phosphoric acid groups is 1. The molecule has 8 heteroatoms. The van der Waals surface area contributed by atoms with E-state index in [0.29, 0.717) is 0 Å². The van der Waals surface area contributed by atoms with Gasteiger partial charge in [0.2, 0.25) is 0 Å². The van der Waals surface area contributed by atoms with E-state index in [1.807, 2.05) is 0 Å². The van der Waals surface area contributed by atoms with Crippen LogP contribution < -0.4 is 0 Å². The van der Waals surface area contributed by atoms with Crippen LogP contribution in [0.15, 0.2) is 23.3 Å². The Kier molecular flexibility index (Phi) is 4.90. The minimum absolute atomic E-state index is 0.0116. The van der Waals surface area contributed by atoms with E-state index in [1.165, 1.54) is 6.08 Å². The molecule has 14 heavy (non-hydrogen) atoms. The van der Waals surface area contributed by atoms with Gasteiger partial charge < -0.3 is 14.7 Å². The maximum atomic E-state index is 10.5. The largest absolute Gasteiger partial charge is 0.466 e. The zero-order valence-corrected chi connectivity index (χ0v) is 8.27. The molecule has 0 saturated heterocycles. The van der Waals surface area contributed by atoms with E-state index in [0.717, 1.165) is 12.2 Å². The Morgan fingerprint density at radius 3 is 1.86 bits per heavy atom. The zero-order valence-electron chi connectivity index (χ0n) is 6.62. The highest BCUT2D eigenvalue weighted by atomic mass is 35.5. The third kappa shape index (κ3) is 7.85. The topological polar surface area (TPSA) is 112 Å². The van der Waals surface area contributed by atoms with Crippen molar-refractivity contribution in [2.45, 2.75) is 0 Å². The average Bonchev–Trinajstić information content (AvgIpc) is 1.94. The van der Waals surface area contributed by atoms with Crippen LogP contribution in [0.25, 0.3) is 0 Å². The molecule has 0 unspecified atom stereocenters. The van der Waals surface area contributed by atoms with E-state index in [-0.39, 0.29) is 16.6 Å². The van der Waals surface area contributed by atoms with Gasteiger partial charge in [-0.3, -0.25) is 9.59 Å². The summed E-state index contributed by atoms with van der Waals surface area (Å²) < 4.78 is 8.88. The summed E-state index contributed by atoms with van der Waals surface area (Å²) in [5.41, 5.74) is 0. The van der Waals surface area contributed by atoms with Gasteiger partial charge in [-0.1, -0.05) is 11.6 Å². The van der Waals surface area contributed by atoms with Crippen LogP contribution in [-0.4, -0.2) is 26.2 Å². The van der Waals surface area contributed by atoms with Crippen LogP contribution in [0.4, 0.5) is 0 Å². The Morgan fingerprint density at radius 2 is 1.57 bits per heavy atom. The first-order valence-electron chi connectivity index (χ1n) is 3.12. The standard InChI is InChI=1S/C6H3ClO2.H3O4P/c7-5-3-4(8)1-2-6(5)9;1-5(2,3)4/h1-3H;(H3,1,2,3,4). The van der Waals surface area contributed by atoms with E-state index < -0.39 is 7.82 Å². The predicted molar refractivity (Wildman–Crippen MR) is 47.4 cm³/mol. The van der Waals surface area contributed by atoms with Crippen molar-refractivity contribution in [3.8, 4) is 0 Å². The lowest BCUT2D eigenvalue weighted by atomic mass is 10.2. The second-order valence-corrected chi connectivity index (χ2v) is 3.54. The first-order valence-corrected chi connectivity index (χ1v) is 5.06. The predicted octanol–water partition coefficient (Wildman–Crippen LogP) is -0.112. The van der Waals surface area contributed by atoms with Crippen LogP contribution >= 0.6 is 19.4 Å². The summed E-state index contributed by atoms with van der Waals surface area (Å²) in [6.07, 6.45) is 3.45. The average molecular weight is 241 g/mol. The Morgan fingerprint density at radius 1 is 1.14 bits per heavy atom. The van der Waals surface area contributed by atoms with Crippen molar-refractivity contribution in [3.63, 3.8) is 0 Å². The normalized spacial score (nSPS) is 15.9. The lowest BCUT2D eigenvalue weighted by molar-refractivity contribution is -0.114. The van der Waals surface area contributed by atoms with Crippen LogP contribution in [0.3, 0.4) is 0 Å².